The van der Waals surface area contributed by atoms with Crippen LogP contribution in [0.15, 0.2) is 28.7 Å². The number of Topliss-reactive ketones (excluding diaryl/α,β-unsaturated/α-hetero) is 1. The minimum Gasteiger partial charge on any atom is -0.389 e. The highest BCUT2D eigenvalue weighted by molar-refractivity contribution is 9.10. The van der Waals surface area contributed by atoms with Gasteiger partial charge in [-0.05, 0) is 38.4 Å². The fourth-order valence-electron chi connectivity index (χ4n) is 2.41. The zero-order chi connectivity index (χ0) is 13.2. The van der Waals surface area contributed by atoms with Gasteiger partial charge in [0, 0.05) is 16.6 Å². The number of benzene rings is 1. The molecule has 0 aliphatic carbocycles. The van der Waals surface area contributed by atoms with Crippen molar-refractivity contribution in [3.8, 4) is 0 Å². The van der Waals surface area contributed by atoms with Crippen molar-refractivity contribution in [2.45, 2.75) is 25.4 Å². The van der Waals surface area contributed by atoms with Crippen LogP contribution in [0.25, 0.3) is 0 Å². The summed E-state index contributed by atoms with van der Waals surface area (Å²) in [4.78, 5) is 14.2. The van der Waals surface area contributed by atoms with E-state index in [0.717, 1.165) is 29.4 Å². The summed E-state index contributed by atoms with van der Waals surface area (Å²) in [6, 6.07) is 7.44. The van der Waals surface area contributed by atoms with E-state index in [2.05, 4.69) is 15.9 Å². The van der Waals surface area contributed by atoms with Crippen molar-refractivity contribution < 1.29 is 9.90 Å². The maximum atomic E-state index is 12.1. The van der Waals surface area contributed by atoms with E-state index in [1.54, 1.807) is 0 Å². The fourth-order valence-corrected chi connectivity index (χ4v) is 2.81. The number of aliphatic hydroxyl groups is 1. The standard InChI is InChI=1S/C14H18BrNO2/c1-14(18)6-3-7-16(10-14)9-13(17)11-4-2-5-12(15)8-11/h2,4-5,8,18H,3,6-7,9-10H2,1H3. The van der Waals surface area contributed by atoms with Crippen LogP contribution in [-0.4, -0.2) is 41.0 Å². The van der Waals surface area contributed by atoms with Crippen LogP contribution >= 0.6 is 15.9 Å². The van der Waals surface area contributed by atoms with E-state index in [1.165, 1.54) is 0 Å². The molecule has 3 nitrogen and oxygen atoms in total. The lowest BCUT2D eigenvalue weighted by molar-refractivity contribution is -0.0132. The van der Waals surface area contributed by atoms with Gasteiger partial charge in [-0.15, -0.1) is 0 Å². The summed E-state index contributed by atoms with van der Waals surface area (Å²) < 4.78 is 0.916. The number of carbonyl (C=O) groups is 1. The molecule has 1 aromatic carbocycles. The molecule has 0 bridgehead atoms. The Bertz CT molecular complexity index is 445. The highest BCUT2D eigenvalue weighted by Gasteiger charge is 2.29. The molecule has 4 heteroatoms. The van der Waals surface area contributed by atoms with Crippen LogP contribution in [-0.2, 0) is 0 Å². The Labute approximate surface area is 116 Å². The average molecular weight is 312 g/mol. The third-order valence-electron chi connectivity index (χ3n) is 3.27. The molecule has 0 amide bonds. The van der Waals surface area contributed by atoms with Gasteiger partial charge in [0.25, 0.3) is 0 Å². The summed E-state index contributed by atoms with van der Waals surface area (Å²) in [5.74, 6) is 0.106. The van der Waals surface area contributed by atoms with Gasteiger partial charge in [0.2, 0.25) is 0 Å². The lowest BCUT2D eigenvalue weighted by Gasteiger charge is -2.36. The quantitative estimate of drug-likeness (QED) is 0.872. The van der Waals surface area contributed by atoms with E-state index in [-0.39, 0.29) is 5.78 Å². The molecule has 98 valence electrons. The number of likely N-dealkylation sites (tertiary alicyclic amines) is 1. The molecule has 0 saturated carbocycles. The second-order valence-corrected chi connectivity index (χ2v) is 6.16. The molecule has 1 N–H and O–H groups in total. The summed E-state index contributed by atoms with van der Waals surface area (Å²) in [5.41, 5.74) is 0.0603. The number of hydrogen-bond donors (Lipinski definition) is 1. The van der Waals surface area contributed by atoms with Crippen molar-refractivity contribution in [1.82, 2.24) is 4.90 Å². The first kappa shape index (κ1) is 13.7. The van der Waals surface area contributed by atoms with Crippen LogP contribution in [0.5, 0.6) is 0 Å². The van der Waals surface area contributed by atoms with Gasteiger partial charge in [-0.3, -0.25) is 9.69 Å². The van der Waals surface area contributed by atoms with E-state index in [1.807, 2.05) is 36.1 Å². The Morgan fingerprint density at radius 2 is 2.33 bits per heavy atom. The van der Waals surface area contributed by atoms with Crippen molar-refractivity contribution in [2.75, 3.05) is 19.6 Å². The van der Waals surface area contributed by atoms with Crippen LogP contribution in [0.2, 0.25) is 0 Å². The van der Waals surface area contributed by atoms with Crippen LogP contribution < -0.4 is 0 Å². The van der Waals surface area contributed by atoms with Crippen LogP contribution in [0.4, 0.5) is 0 Å². The first-order valence-corrected chi connectivity index (χ1v) is 6.99. The summed E-state index contributed by atoms with van der Waals surface area (Å²) >= 11 is 3.37. The first-order valence-electron chi connectivity index (χ1n) is 6.20. The van der Waals surface area contributed by atoms with Gasteiger partial charge in [0.05, 0.1) is 12.1 Å². The number of nitrogens with zero attached hydrogens (tertiary/aromatic N) is 1. The summed E-state index contributed by atoms with van der Waals surface area (Å²) in [5, 5.41) is 10.0. The largest absolute Gasteiger partial charge is 0.389 e. The van der Waals surface area contributed by atoms with Gasteiger partial charge in [-0.1, -0.05) is 28.1 Å². The molecule has 1 atom stereocenters. The third kappa shape index (κ3) is 3.64. The smallest absolute Gasteiger partial charge is 0.176 e. The molecule has 0 spiro atoms. The van der Waals surface area contributed by atoms with E-state index in [4.69, 9.17) is 0 Å². The predicted octanol–water partition coefficient (Wildman–Crippen LogP) is 2.48. The molecule has 1 fully saturated rings. The zero-order valence-corrected chi connectivity index (χ0v) is 12.1. The summed E-state index contributed by atoms with van der Waals surface area (Å²) in [6.07, 6.45) is 1.76. The molecule has 1 saturated heterocycles. The third-order valence-corrected chi connectivity index (χ3v) is 3.76. The highest BCUT2D eigenvalue weighted by atomic mass is 79.9. The minimum atomic E-state index is -0.657. The number of carbonyl (C=O) groups excluding carboxylic acids is 1. The lowest BCUT2D eigenvalue weighted by atomic mass is 9.95. The average Bonchev–Trinajstić information content (AvgIpc) is 2.27. The maximum Gasteiger partial charge on any atom is 0.176 e. The Morgan fingerprint density at radius 1 is 1.56 bits per heavy atom. The van der Waals surface area contributed by atoms with Crippen molar-refractivity contribution in [1.29, 1.82) is 0 Å². The number of β-amino-alcohol motifs (C(OH)–C–C–N with tert-alkyl or cyclic N) is 1. The Hall–Kier alpha value is -0.710. The van der Waals surface area contributed by atoms with E-state index in [0.29, 0.717) is 13.1 Å². The van der Waals surface area contributed by atoms with Gasteiger partial charge < -0.3 is 5.11 Å². The van der Waals surface area contributed by atoms with E-state index in [9.17, 15) is 9.90 Å². The van der Waals surface area contributed by atoms with E-state index >= 15 is 0 Å². The topological polar surface area (TPSA) is 40.5 Å². The molecule has 1 unspecified atom stereocenters. The van der Waals surface area contributed by atoms with Crippen LogP contribution in [0.3, 0.4) is 0 Å². The van der Waals surface area contributed by atoms with Crippen molar-refractivity contribution >= 4 is 21.7 Å². The number of piperidine rings is 1. The number of ketones is 1. The SMILES string of the molecule is CC1(O)CCCN(CC(=O)c2cccc(Br)c2)C1. The molecule has 0 radical (unpaired) electrons. The van der Waals surface area contributed by atoms with Crippen molar-refractivity contribution in [3.05, 3.63) is 34.3 Å². The molecule has 1 aliphatic rings. The number of halogens is 1. The van der Waals surface area contributed by atoms with Gasteiger partial charge in [0.15, 0.2) is 5.78 Å². The minimum absolute atomic E-state index is 0.106. The van der Waals surface area contributed by atoms with Crippen LogP contribution in [0.1, 0.15) is 30.1 Å². The van der Waals surface area contributed by atoms with Gasteiger partial charge >= 0.3 is 0 Å². The summed E-state index contributed by atoms with van der Waals surface area (Å²) in [6.45, 7) is 3.68. The Morgan fingerprint density at radius 3 is 3.00 bits per heavy atom. The molecular weight excluding hydrogens is 294 g/mol. The molecule has 2 rings (SSSR count). The zero-order valence-electron chi connectivity index (χ0n) is 10.5. The summed E-state index contributed by atoms with van der Waals surface area (Å²) in [7, 11) is 0. The second-order valence-electron chi connectivity index (χ2n) is 5.24. The van der Waals surface area contributed by atoms with Gasteiger partial charge in [-0.2, -0.15) is 0 Å². The first-order chi connectivity index (χ1) is 8.46. The maximum absolute atomic E-state index is 12.1. The van der Waals surface area contributed by atoms with E-state index < -0.39 is 5.60 Å². The molecule has 1 aliphatic heterocycles. The highest BCUT2D eigenvalue weighted by Crippen LogP contribution is 2.20. The van der Waals surface area contributed by atoms with Gasteiger partial charge in [0.1, 0.15) is 0 Å². The number of rotatable bonds is 3. The van der Waals surface area contributed by atoms with Crippen molar-refractivity contribution in [2.24, 2.45) is 0 Å². The Balaban J connectivity index is 1.99. The molecule has 1 heterocycles. The normalized spacial score (nSPS) is 25.1. The molecule has 1 aromatic rings. The molecule has 0 aromatic heterocycles. The lowest BCUT2D eigenvalue weighted by Crippen LogP contribution is -2.47. The number of hydrogen-bond acceptors (Lipinski definition) is 3. The van der Waals surface area contributed by atoms with Crippen LogP contribution in [0, 0.1) is 0 Å². The molecular formula is C14H18BrNO2. The predicted molar refractivity (Wildman–Crippen MR) is 74.8 cm³/mol. The molecule has 18 heavy (non-hydrogen) atoms. The Kier molecular flexibility index (Phi) is 4.20. The monoisotopic (exact) mass is 311 g/mol. The fraction of sp³-hybridized carbons (Fsp3) is 0.500. The second kappa shape index (κ2) is 5.51. The van der Waals surface area contributed by atoms with Crippen molar-refractivity contribution in [3.63, 3.8) is 0 Å². The van der Waals surface area contributed by atoms with Gasteiger partial charge in [-0.25, -0.2) is 0 Å².